The molecule has 0 fully saturated rings. The second-order valence-corrected chi connectivity index (χ2v) is 10.0. The number of ether oxygens (including phenoxy) is 1. The van der Waals surface area contributed by atoms with Crippen molar-refractivity contribution in [2.75, 3.05) is 17.8 Å². The van der Waals surface area contributed by atoms with Gasteiger partial charge in [-0.3, -0.25) is 4.79 Å². The van der Waals surface area contributed by atoms with E-state index in [0.717, 1.165) is 11.5 Å². The second kappa shape index (κ2) is 7.50. The summed E-state index contributed by atoms with van der Waals surface area (Å²) in [7, 11) is 0. The van der Waals surface area contributed by atoms with Crippen molar-refractivity contribution in [3.63, 3.8) is 0 Å². The Morgan fingerprint density at radius 3 is 2.50 bits per heavy atom. The van der Waals surface area contributed by atoms with E-state index in [4.69, 9.17) is 15.6 Å². The van der Waals surface area contributed by atoms with Gasteiger partial charge in [0.1, 0.15) is 17.7 Å². The molecule has 0 saturated carbocycles. The average Bonchev–Trinajstić information content (AvgIpc) is 3.20. The van der Waals surface area contributed by atoms with Crippen LogP contribution in [0.4, 0.5) is 11.5 Å². The molecule has 0 aliphatic carbocycles. The Kier molecular flexibility index (Phi) is 5.49. The topological polar surface area (TPSA) is 106 Å². The Hall–Kier alpha value is -2.74. The first kappa shape index (κ1) is 22.0. The van der Waals surface area contributed by atoms with E-state index >= 15 is 0 Å². The Bertz CT molecular complexity index is 926. The Morgan fingerprint density at radius 2 is 1.87 bits per heavy atom. The number of nitrogens with two attached hydrogens (primary N) is 1. The molecule has 2 heterocycles. The number of para-hydroxylation sites is 2. The van der Waals surface area contributed by atoms with Crippen molar-refractivity contribution in [3.05, 3.63) is 36.0 Å². The highest BCUT2D eigenvalue weighted by molar-refractivity contribution is 5.78. The van der Waals surface area contributed by atoms with Crippen LogP contribution < -0.4 is 26.6 Å². The van der Waals surface area contributed by atoms with E-state index < -0.39 is 11.0 Å². The monoisotopic (exact) mass is 414 g/mol. The third-order valence-corrected chi connectivity index (χ3v) is 6.11. The van der Waals surface area contributed by atoms with Crippen LogP contribution in [0.3, 0.4) is 0 Å². The number of fused-ring (bicyclic) bond motifs is 1. The minimum atomic E-state index is -0.565. The summed E-state index contributed by atoms with van der Waals surface area (Å²) in [5.74, 6) is 1.21. The lowest BCUT2D eigenvalue weighted by Crippen LogP contribution is -2.59. The van der Waals surface area contributed by atoms with Gasteiger partial charge in [0, 0.05) is 22.4 Å². The summed E-state index contributed by atoms with van der Waals surface area (Å²) in [5.41, 5.74) is 12.9. The molecule has 3 rings (SSSR count). The van der Waals surface area contributed by atoms with Crippen LogP contribution in [0.2, 0.25) is 0 Å². The maximum atomic E-state index is 12.7. The van der Waals surface area contributed by atoms with Crippen LogP contribution in [0, 0.1) is 5.41 Å². The molecule has 2 aromatic rings. The van der Waals surface area contributed by atoms with Gasteiger partial charge in [0.25, 0.3) is 5.91 Å². The fourth-order valence-corrected chi connectivity index (χ4v) is 3.38. The van der Waals surface area contributed by atoms with Crippen molar-refractivity contribution in [1.29, 1.82) is 0 Å². The van der Waals surface area contributed by atoms with E-state index in [1.165, 1.54) is 0 Å². The molecule has 1 atom stereocenters. The van der Waals surface area contributed by atoms with Crippen molar-refractivity contribution in [2.24, 2.45) is 5.41 Å². The smallest absolute Gasteiger partial charge is 0.258 e. The molecule has 0 bridgehead atoms. The van der Waals surface area contributed by atoms with E-state index in [9.17, 15) is 4.79 Å². The zero-order valence-electron chi connectivity index (χ0n) is 19.0. The lowest BCUT2D eigenvalue weighted by atomic mass is 9.72. The largest absolute Gasteiger partial charge is 0.482 e. The van der Waals surface area contributed by atoms with Gasteiger partial charge in [0.05, 0.1) is 11.4 Å². The lowest BCUT2D eigenvalue weighted by Gasteiger charge is -2.45. The van der Waals surface area contributed by atoms with Gasteiger partial charge in [-0.2, -0.15) is 5.10 Å². The zero-order valence-corrected chi connectivity index (χ0v) is 19.0. The minimum absolute atomic E-state index is 0.0476. The lowest BCUT2D eigenvalue weighted by molar-refractivity contribution is -0.126. The van der Waals surface area contributed by atoms with Crippen LogP contribution in [-0.2, 0) is 10.2 Å². The molecule has 1 amide bonds. The van der Waals surface area contributed by atoms with E-state index in [2.05, 4.69) is 56.9 Å². The van der Waals surface area contributed by atoms with Crippen molar-refractivity contribution in [3.8, 4) is 5.75 Å². The quantitative estimate of drug-likeness (QED) is 0.541. The van der Waals surface area contributed by atoms with Crippen molar-refractivity contribution < 1.29 is 9.53 Å². The maximum absolute atomic E-state index is 12.7. The van der Waals surface area contributed by atoms with Crippen molar-refractivity contribution in [1.82, 2.24) is 20.5 Å². The van der Waals surface area contributed by atoms with Gasteiger partial charge in [-0.1, -0.05) is 46.8 Å². The van der Waals surface area contributed by atoms with Crippen LogP contribution in [0.25, 0.3) is 0 Å². The van der Waals surface area contributed by atoms with E-state index in [1.807, 2.05) is 30.7 Å². The third kappa shape index (κ3) is 4.09. The van der Waals surface area contributed by atoms with Gasteiger partial charge in [0.2, 0.25) is 0 Å². The molecule has 1 aromatic carbocycles. The SMILES string of the molecule is CC(C)(C)c1cc2n(n1)C(C(C)(C)C(C)(C)NC(=O)COc1ccccc1N)NN2. The van der Waals surface area contributed by atoms with Gasteiger partial charge in [-0.25, -0.2) is 10.1 Å². The van der Waals surface area contributed by atoms with Crippen LogP contribution in [0.5, 0.6) is 5.75 Å². The number of nitrogens with zero attached hydrogens (tertiary/aromatic N) is 2. The van der Waals surface area contributed by atoms with Crippen molar-refractivity contribution in [2.45, 2.75) is 65.6 Å². The van der Waals surface area contributed by atoms with Crippen molar-refractivity contribution >= 4 is 17.4 Å². The summed E-state index contributed by atoms with van der Waals surface area (Å²) in [4.78, 5) is 12.7. The summed E-state index contributed by atoms with van der Waals surface area (Å²) in [6.45, 7) is 14.6. The number of rotatable bonds is 6. The molecule has 164 valence electrons. The van der Waals surface area contributed by atoms with Gasteiger partial charge in [-0.05, 0) is 26.0 Å². The number of hydrazine groups is 1. The standard InChI is InChI=1S/C22H34N6O2/c1-20(2,3)16-12-17-25-26-19(28(17)27-16)21(4,5)22(6,7)24-18(29)13-30-15-11-9-8-10-14(15)23/h8-12,19,25-26H,13,23H2,1-7H3,(H,24,29). The first-order valence-electron chi connectivity index (χ1n) is 10.2. The Morgan fingerprint density at radius 1 is 1.20 bits per heavy atom. The molecule has 0 spiro atoms. The molecule has 8 nitrogen and oxygen atoms in total. The van der Waals surface area contributed by atoms with E-state index in [0.29, 0.717) is 11.4 Å². The minimum Gasteiger partial charge on any atom is -0.482 e. The predicted molar refractivity (Wildman–Crippen MR) is 119 cm³/mol. The van der Waals surface area contributed by atoms with Gasteiger partial charge in [-0.15, -0.1) is 0 Å². The maximum Gasteiger partial charge on any atom is 0.258 e. The Labute approximate surface area is 178 Å². The normalized spacial score (nSPS) is 16.7. The number of carbonyl (C=O) groups excluding carboxylic acids is 1. The fourth-order valence-electron chi connectivity index (χ4n) is 3.38. The van der Waals surface area contributed by atoms with Crippen LogP contribution in [0.15, 0.2) is 30.3 Å². The number of anilines is 2. The predicted octanol–water partition coefficient (Wildman–Crippen LogP) is 3.19. The molecule has 1 aromatic heterocycles. The molecule has 0 radical (unpaired) electrons. The molecule has 8 heteroatoms. The second-order valence-electron chi connectivity index (χ2n) is 10.0. The highest BCUT2D eigenvalue weighted by atomic mass is 16.5. The molecule has 0 saturated heterocycles. The van der Waals surface area contributed by atoms with Gasteiger partial charge >= 0.3 is 0 Å². The highest BCUT2D eigenvalue weighted by Crippen LogP contribution is 2.43. The number of amides is 1. The number of hydrogen-bond donors (Lipinski definition) is 4. The number of nitrogen functional groups attached to an aromatic ring is 1. The molecule has 30 heavy (non-hydrogen) atoms. The van der Waals surface area contributed by atoms with Crippen LogP contribution in [0.1, 0.15) is 60.3 Å². The number of benzene rings is 1. The first-order chi connectivity index (χ1) is 13.8. The summed E-state index contributed by atoms with van der Waals surface area (Å²) in [6, 6.07) is 9.20. The summed E-state index contributed by atoms with van der Waals surface area (Å²) >= 11 is 0. The number of nitrogens with one attached hydrogen (secondary N) is 3. The summed E-state index contributed by atoms with van der Waals surface area (Å²) < 4.78 is 7.56. The Balaban J connectivity index is 1.72. The van der Waals surface area contributed by atoms with E-state index in [1.54, 1.807) is 12.1 Å². The molecule has 1 aliphatic rings. The third-order valence-electron chi connectivity index (χ3n) is 6.11. The molecule has 1 unspecified atom stereocenters. The zero-order chi connectivity index (χ0) is 22.3. The number of hydrogen-bond acceptors (Lipinski definition) is 6. The first-order valence-corrected chi connectivity index (χ1v) is 10.2. The van der Waals surface area contributed by atoms with E-state index in [-0.39, 0.29) is 24.1 Å². The molecular weight excluding hydrogens is 380 g/mol. The fraction of sp³-hybridized carbons (Fsp3) is 0.545. The number of carbonyl (C=O) groups is 1. The van der Waals surface area contributed by atoms with Crippen LogP contribution in [-0.4, -0.2) is 27.8 Å². The highest BCUT2D eigenvalue weighted by Gasteiger charge is 2.48. The molecule has 5 N–H and O–H groups in total. The molecule has 1 aliphatic heterocycles. The van der Waals surface area contributed by atoms with Crippen LogP contribution >= 0.6 is 0 Å². The van der Waals surface area contributed by atoms with Gasteiger partial charge in [0.15, 0.2) is 6.61 Å². The average molecular weight is 415 g/mol. The summed E-state index contributed by atoms with van der Waals surface area (Å²) in [5, 5.41) is 7.95. The van der Waals surface area contributed by atoms with Gasteiger partial charge < -0.3 is 21.2 Å². The molecular formula is C22H34N6O2. The summed E-state index contributed by atoms with van der Waals surface area (Å²) in [6.07, 6.45) is -0.149. The number of aromatic nitrogens is 2.